The van der Waals surface area contributed by atoms with Crippen molar-refractivity contribution in [1.29, 1.82) is 0 Å². The van der Waals surface area contributed by atoms with Crippen LogP contribution in [0, 0.1) is 17.8 Å². The predicted octanol–water partition coefficient (Wildman–Crippen LogP) is 2.77. The van der Waals surface area contributed by atoms with E-state index in [1.54, 1.807) is 12.4 Å². The molecular formula is C16H21NO2. The Morgan fingerprint density at radius 1 is 1.42 bits per heavy atom. The monoisotopic (exact) mass is 259 g/mol. The van der Waals surface area contributed by atoms with Crippen LogP contribution in [0.4, 0.5) is 0 Å². The third-order valence-corrected chi connectivity index (χ3v) is 3.64. The molecule has 1 fully saturated rings. The largest absolute Gasteiger partial charge is 0.489 e. The smallest absolute Gasteiger partial charge is 0.139 e. The van der Waals surface area contributed by atoms with Crippen molar-refractivity contribution >= 4 is 0 Å². The van der Waals surface area contributed by atoms with Gasteiger partial charge in [-0.3, -0.25) is 4.98 Å². The lowest BCUT2D eigenvalue weighted by atomic mass is 9.85. The summed E-state index contributed by atoms with van der Waals surface area (Å²) in [5, 5.41) is 8.69. The molecule has 1 aliphatic rings. The SMILES string of the molecule is CCC1CCCC(Oc2cncc(C#CCO)c2)C1. The second kappa shape index (κ2) is 7.16. The number of hydrogen-bond acceptors (Lipinski definition) is 3. The minimum atomic E-state index is -0.133. The molecule has 2 atom stereocenters. The van der Waals surface area contributed by atoms with Crippen LogP contribution in [0.3, 0.4) is 0 Å². The number of pyridine rings is 1. The summed E-state index contributed by atoms with van der Waals surface area (Å²) >= 11 is 0. The van der Waals surface area contributed by atoms with Gasteiger partial charge in [0.1, 0.15) is 12.4 Å². The number of rotatable bonds is 3. The Hall–Kier alpha value is -1.53. The van der Waals surface area contributed by atoms with E-state index in [0.29, 0.717) is 6.10 Å². The van der Waals surface area contributed by atoms with E-state index in [-0.39, 0.29) is 6.61 Å². The molecule has 102 valence electrons. The van der Waals surface area contributed by atoms with Gasteiger partial charge in [0.25, 0.3) is 0 Å². The fraction of sp³-hybridized carbons (Fsp3) is 0.562. The summed E-state index contributed by atoms with van der Waals surface area (Å²) in [5.74, 6) is 7.05. The second-order valence-corrected chi connectivity index (χ2v) is 5.05. The van der Waals surface area contributed by atoms with E-state index in [9.17, 15) is 0 Å². The van der Waals surface area contributed by atoms with Gasteiger partial charge in [0.2, 0.25) is 0 Å². The van der Waals surface area contributed by atoms with Crippen molar-refractivity contribution in [1.82, 2.24) is 4.98 Å². The van der Waals surface area contributed by atoms with Gasteiger partial charge in [-0.05, 0) is 31.2 Å². The normalized spacial score (nSPS) is 22.4. The van der Waals surface area contributed by atoms with Gasteiger partial charge in [0, 0.05) is 11.8 Å². The van der Waals surface area contributed by atoms with Crippen LogP contribution >= 0.6 is 0 Å². The van der Waals surface area contributed by atoms with Crippen molar-refractivity contribution in [2.45, 2.75) is 45.1 Å². The number of ether oxygens (including phenoxy) is 1. The van der Waals surface area contributed by atoms with E-state index in [0.717, 1.165) is 30.1 Å². The van der Waals surface area contributed by atoms with Gasteiger partial charge in [-0.15, -0.1) is 0 Å². The van der Waals surface area contributed by atoms with E-state index in [2.05, 4.69) is 23.7 Å². The Bertz CT molecular complexity index is 461. The predicted molar refractivity (Wildman–Crippen MR) is 74.9 cm³/mol. The first-order valence-electron chi connectivity index (χ1n) is 7.03. The molecule has 0 spiro atoms. The fourth-order valence-electron chi connectivity index (χ4n) is 2.61. The average Bonchev–Trinajstić information content (AvgIpc) is 2.46. The summed E-state index contributed by atoms with van der Waals surface area (Å²) in [7, 11) is 0. The van der Waals surface area contributed by atoms with Crippen LogP contribution in [-0.4, -0.2) is 22.8 Å². The third-order valence-electron chi connectivity index (χ3n) is 3.64. The highest BCUT2D eigenvalue weighted by atomic mass is 16.5. The second-order valence-electron chi connectivity index (χ2n) is 5.05. The molecule has 1 aliphatic carbocycles. The highest BCUT2D eigenvalue weighted by Crippen LogP contribution is 2.29. The van der Waals surface area contributed by atoms with Crippen LogP contribution in [0.5, 0.6) is 5.75 Å². The summed E-state index contributed by atoms with van der Waals surface area (Å²) in [5.41, 5.74) is 0.786. The van der Waals surface area contributed by atoms with Gasteiger partial charge in [0.15, 0.2) is 0 Å². The first-order valence-corrected chi connectivity index (χ1v) is 7.03. The maximum atomic E-state index is 8.69. The minimum absolute atomic E-state index is 0.133. The quantitative estimate of drug-likeness (QED) is 0.849. The molecule has 3 nitrogen and oxygen atoms in total. The van der Waals surface area contributed by atoms with Gasteiger partial charge in [-0.1, -0.05) is 31.6 Å². The van der Waals surface area contributed by atoms with E-state index in [1.165, 1.54) is 19.3 Å². The Balaban J connectivity index is 1.98. The van der Waals surface area contributed by atoms with Crippen LogP contribution in [-0.2, 0) is 0 Å². The summed E-state index contributed by atoms with van der Waals surface area (Å²) in [4.78, 5) is 4.13. The van der Waals surface area contributed by atoms with Crippen LogP contribution in [0.25, 0.3) is 0 Å². The third kappa shape index (κ3) is 4.25. The highest BCUT2D eigenvalue weighted by Gasteiger charge is 2.22. The Morgan fingerprint density at radius 3 is 3.11 bits per heavy atom. The standard InChI is InChI=1S/C16H21NO2/c1-2-13-5-3-7-15(9-13)19-16-10-14(6-4-8-18)11-17-12-16/h10-13,15,18H,2-3,5,7-9H2,1H3. The van der Waals surface area contributed by atoms with Gasteiger partial charge in [-0.2, -0.15) is 0 Å². The molecule has 1 aromatic heterocycles. The van der Waals surface area contributed by atoms with Crippen molar-refractivity contribution in [3.05, 3.63) is 24.0 Å². The molecule has 1 N–H and O–H groups in total. The minimum Gasteiger partial charge on any atom is -0.489 e. The van der Waals surface area contributed by atoms with Crippen molar-refractivity contribution in [3.63, 3.8) is 0 Å². The fourth-order valence-corrected chi connectivity index (χ4v) is 2.61. The summed E-state index contributed by atoms with van der Waals surface area (Å²) < 4.78 is 6.02. The highest BCUT2D eigenvalue weighted by molar-refractivity contribution is 5.36. The number of hydrogen-bond donors (Lipinski definition) is 1. The summed E-state index contributed by atoms with van der Waals surface area (Å²) in [6, 6.07) is 1.89. The number of aliphatic hydroxyl groups excluding tert-OH is 1. The zero-order valence-corrected chi connectivity index (χ0v) is 11.4. The molecule has 0 bridgehead atoms. The average molecular weight is 259 g/mol. The first-order chi connectivity index (χ1) is 9.31. The lowest BCUT2D eigenvalue weighted by Crippen LogP contribution is -2.25. The molecular weight excluding hydrogens is 238 g/mol. The lowest BCUT2D eigenvalue weighted by molar-refractivity contribution is 0.121. The van der Waals surface area contributed by atoms with Crippen molar-refractivity contribution in [2.75, 3.05) is 6.61 Å². The van der Waals surface area contributed by atoms with Gasteiger partial charge in [-0.25, -0.2) is 0 Å². The zero-order valence-electron chi connectivity index (χ0n) is 11.4. The summed E-state index contributed by atoms with van der Waals surface area (Å²) in [6.07, 6.45) is 9.82. The van der Waals surface area contributed by atoms with Crippen molar-refractivity contribution in [3.8, 4) is 17.6 Å². The number of aliphatic hydroxyl groups is 1. The van der Waals surface area contributed by atoms with E-state index < -0.39 is 0 Å². The maximum absolute atomic E-state index is 8.69. The molecule has 1 aromatic rings. The summed E-state index contributed by atoms with van der Waals surface area (Å²) in [6.45, 7) is 2.12. The van der Waals surface area contributed by atoms with Gasteiger partial charge in [0.05, 0.1) is 12.3 Å². The van der Waals surface area contributed by atoms with Crippen LogP contribution in [0.15, 0.2) is 18.5 Å². The molecule has 0 radical (unpaired) electrons. The van der Waals surface area contributed by atoms with Crippen LogP contribution < -0.4 is 4.74 Å². The first kappa shape index (κ1) is 13.9. The van der Waals surface area contributed by atoms with Crippen molar-refractivity contribution in [2.24, 2.45) is 5.92 Å². The Morgan fingerprint density at radius 2 is 2.32 bits per heavy atom. The Kier molecular flexibility index (Phi) is 5.23. The molecule has 0 aliphatic heterocycles. The van der Waals surface area contributed by atoms with E-state index in [1.807, 2.05) is 6.07 Å². The van der Waals surface area contributed by atoms with E-state index in [4.69, 9.17) is 9.84 Å². The van der Waals surface area contributed by atoms with Crippen LogP contribution in [0.1, 0.15) is 44.6 Å². The molecule has 19 heavy (non-hydrogen) atoms. The molecule has 1 saturated carbocycles. The Labute approximate surface area is 115 Å². The number of nitrogens with zero attached hydrogens (tertiary/aromatic N) is 1. The van der Waals surface area contributed by atoms with Gasteiger partial charge >= 0.3 is 0 Å². The molecule has 1 heterocycles. The molecule has 0 amide bonds. The topological polar surface area (TPSA) is 42.4 Å². The molecule has 0 aromatic carbocycles. The van der Waals surface area contributed by atoms with E-state index >= 15 is 0 Å². The molecule has 0 saturated heterocycles. The molecule has 2 unspecified atom stereocenters. The maximum Gasteiger partial charge on any atom is 0.139 e. The zero-order chi connectivity index (χ0) is 13.5. The number of aromatic nitrogens is 1. The molecule has 2 rings (SSSR count). The van der Waals surface area contributed by atoms with Crippen LogP contribution in [0.2, 0.25) is 0 Å². The van der Waals surface area contributed by atoms with Crippen molar-refractivity contribution < 1.29 is 9.84 Å². The lowest BCUT2D eigenvalue weighted by Gasteiger charge is -2.28. The molecule has 3 heteroatoms. The van der Waals surface area contributed by atoms with Gasteiger partial charge < -0.3 is 9.84 Å².